The molecule has 1 aromatic rings. The van der Waals surface area contributed by atoms with Gasteiger partial charge in [0.15, 0.2) is 0 Å². The predicted molar refractivity (Wildman–Crippen MR) is 121 cm³/mol. The summed E-state index contributed by atoms with van der Waals surface area (Å²) in [4.78, 5) is 12.4. The van der Waals surface area contributed by atoms with Crippen LogP contribution < -0.4 is 0 Å². The Hall–Kier alpha value is -1.15. The topological polar surface area (TPSA) is 37.3 Å². The van der Waals surface area contributed by atoms with Crippen molar-refractivity contribution in [2.45, 2.75) is 90.6 Å². The number of hydrogen-bond donors (Lipinski definition) is 1. The summed E-state index contributed by atoms with van der Waals surface area (Å²) >= 11 is 0. The van der Waals surface area contributed by atoms with E-state index in [1.807, 2.05) is 6.92 Å². The third-order valence-corrected chi connectivity index (χ3v) is 10.7. The van der Waals surface area contributed by atoms with Crippen LogP contribution in [-0.2, 0) is 11.2 Å². The van der Waals surface area contributed by atoms with E-state index in [-0.39, 0.29) is 5.41 Å². The molecule has 0 heterocycles. The Morgan fingerprint density at radius 2 is 1.67 bits per heavy atom. The van der Waals surface area contributed by atoms with E-state index in [4.69, 9.17) is 0 Å². The molecule has 0 radical (unpaired) electrons. The van der Waals surface area contributed by atoms with Gasteiger partial charge in [0.2, 0.25) is 0 Å². The highest BCUT2D eigenvalue weighted by atomic mass is 16.3. The maximum atomic E-state index is 12.4. The standard InChI is InChI=1S/C28H40O2/c1-19(29)23-11-12-24-22-10-9-21-18-28(30,17-20-7-5-4-6-8-20)16-15-26(21,2)25(22)13-14-27(23,24)3/h4-8,21-25,30H,9-18H2,1-3H3/t21-,22+,23-,24+,25+,26+,27-,28+/m1/s1. The Bertz CT molecular complexity index is 802. The Balaban J connectivity index is 1.35. The van der Waals surface area contributed by atoms with Gasteiger partial charge in [-0.25, -0.2) is 0 Å². The highest BCUT2D eigenvalue weighted by Crippen LogP contribution is 2.68. The normalized spacial score (nSPS) is 47.8. The van der Waals surface area contributed by atoms with E-state index in [0.717, 1.165) is 43.4 Å². The number of ketones is 1. The molecule has 0 saturated heterocycles. The molecule has 30 heavy (non-hydrogen) atoms. The first-order chi connectivity index (χ1) is 14.3. The average molecular weight is 409 g/mol. The molecule has 8 atom stereocenters. The molecule has 1 N–H and O–H groups in total. The van der Waals surface area contributed by atoms with Crippen molar-refractivity contribution in [1.29, 1.82) is 0 Å². The van der Waals surface area contributed by atoms with Crippen LogP contribution in [0.2, 0.25) is 0 Å². The molecule has 0 spiro atoms. The van der Waals surface area contributed by atoms with Gasteiger partial charge in [-0.05, 0) is 105 Å². The zero-order valence-electron chi connectivity index (χ0n) is 19.2. The van der Waals surface area contributed by atoms with Gasteiger partial charge in [-0.3, -0.25) is 4.79 Å². The number of fused-ring (bicyclic) bond motifs is 5. The minimum atomic E-state index is -0.533. The van der Waals surface area contributed by atoms with Crippen LogP contribution in [0.4, 0.5) is 0 Å². The number of hydrogen-bond acceptors (Lipinski definition) is 2. The Morgan fingerprint density at radius 3 is 2.40 bits per heavy atom. The summed E-state index contributed by atoms with van der Waals surface area (Å²) in [5.41, 5.74) is 1.36. The smallest absolute Gasteiger partial charge is 0.133 e. The molecule has 2 heteroatoms. The van der Waals surface area contributed by atoms with Gasteiger partial charge >= 0.3 is 0 Å². The van der Waals surface area contributed by atoms with Gasteiger partial charge < -0.3 is 5.11 Å². The van der Waals surface area contributed by atoms with Crippen LogP contribution in [0.5, 0.6) is 0 Å². The van der Waals surface area contributed by atoms with Crippen LogP contribution in [0.25, 0.3) is 0 Å². The van der Waals surface area contributed by atoms with Gasteiger partial charge in [0.25, 0.3) is 0 Å². The van der Waals surface area contributed by atoms with Crippen LogP contribution >= 0.6 is 0 Å². The minimum absolute atomic E-state index is 0.249. The molecular formula is C28H40O2. The lowest BCUT2D eigenvalue weighted by Gasteiger charge is -2.62. The molecule has 4 saturated carbocycles. The van der Waals surface area contributed by atoms with Crippen LogP contribution in [0, 0.1) is 40.4 Å². The van der Waals surface area contributed by atoms with Gasteiger partial charge in [0, 0.05) is 12.3 Å². The van der Waals surface area contributed by atoms with E-state index in [2.05, 4.69) is 44.2 Å². The Kier molecular flexibility index (Phi) is 4.97. The molecule has 0 aliphatic heterocycles. The van der Waals surface area contributed by atoms with Crippen molar-refractivity contribution < 1.29 is 9.90 Å². The average Bonchev–Trinajstić information content (AvgIpc) is 3.07. The third-order valence-electron chi connectivity index (χ3n) is 10.7. The predicted octanol–water partition coefficient (Wildman–Crippen LogP) is 6.21. The second-order valence-electron chi connectivity index (χ2n) is 12.0. The van der Waals surface area contributed by atoms with Gasteiger partial charge in [-0.15, -0.1) is 0 Å². The summed E-state index contributed by atoms with van der Waals surface area (Å²) in [5.74, 6) is 3.72. The summed E-state index contributed by atoms with van der Waals surface area (Å²) in [6.45, 7) is 6.84. The lowest BCUT2D eigenvalue weighted by atomic mass is 9.43. The second-order valence-corrected chi connectivity index (χ2v) is 12.0. The van der Waals surface area contributed by atoms with Crippen LogP contribution in [0.15, 0.2) is 30.3 Å². The molecule has 1 aromatic carbocycles. The van der Waals surface area contributed by atoms with Crippen molar-refractivity contribution in [3.05, 3.63) is 35.9 Å². The Labute approximate surface area is 182 Å². The number of carbonyl (C=O) groups excluding carboxylic acids is 1. The molecule has 0 unspecified atom stereocenters. The number of carbonyl (C=O) groups is 1. The van der Waals surface area contributed by atoms with Gasteiger partial charge in [0.1, 0.15) is 5.78 Å². The van der Waals surface area contributed by atoms with E-state index in [0.29, 0.717) is 23.0 Å². The number of Topliss-reactive ketones (excluding diaryl/α,β-unsaturated/α-hetero) is 1. The zero-order valence-corrected chi connectivity index (χ0v) is 19.2. The summed E-state index contributed by atoms with van der Waals surface area (Å²) in [6, 6.07) is 10.6. The van der Waals surface area contributed by atoms with Crippen LogP contribution in [0.3, 0.4) is 0 Å². The van der Waals surface area contributed by atoms with Gasteiger partial charge in [0.05, 0.1) is 5.60 Å². The zero-order chi connectivity index (χ0) is 21.1. The summed E-state index contributed by atoms with van der Waals surface area (Å²) in [7, 11) is 0. The van der Waals surface area contributed by atoms with Crippen LogP contribution in [0.1, 0.15) is 84.1 Å². The molecule has 0 bridgehead atoms. The number of aliphatic hydroxyl groups is 1. The molecule has 2 nitrogen and oxygen atoms in total. The van der Waals surface area contributed by atoms with Gasteiger partial charge in [-0.1, -0.05) is 44.2 Å². The molecule has 4 aliphatic rings. The van der Waals surface area contributed by atoms with Crippen molar-refractivity contribution in [2.24, 2.45) is 40.4 Å². The highest BCUT2D eigenvalue weighted by molar-refractivity contribution is 5.79. The highest BCUT2D eigenvalue weighted by Gasteiger charge is 2.61. The minimum Gasteiger partial charge on any atom is -0.390 e. The van der Waals surface area contributed by atoms with Gasteiger partial charge in [-0.2, -0.15) is 0 Å². The van der Waals surface area contributed by atoms with E-state index in [1.54, 1.807) is 0 Å². The van der Waals surface area contributed by atoms with Crippen molar-refractivity contribution >= 4 is 5.78 Å². The lowest BCUT2D eigenvalue weighted by molar-refractivity contribution is -0.153. The molecule has 5 rings (SSSR count). The van der Waals surface area contributed by atoms with E-state index in [9.17, 15) is 9.90 Å². The van der Waals surface area contributed by atoms with Crippen molar-refractivity contribution in [2.75, 3.05) is 0 Å². The molecule has 0 aromatic heterocycles. The fourth-order valence-electron chi connectivity index (χ4n) is 9.13. The summed E-state index contributed by atoms with van der Waals surface area (Å²) in [5, 5.41) is 11.5. The fraction of sp³-hybridized carbons (Fsp3) is 0.750. The SMILES string of the molecule is CC(=O)[C@H]1CC[C@H]2[C@@H]3CC[C@@H]4C[C@@](O)(Cc5ccccc5)CC[C@]4(C)[C@H]3CC[C@]12C. The summed E-state index contributed by atoms with van der Waals surface area (Å²) < 4.78 is 0. The van der Waals surface area contributed by atoms with Crippen molar-refractivity contribution in [1.82, 2.24) is 0 Å². The maximum absolute atomic E-state index is 12.4. The van der Waals surface area contributed by atoms with Crippen LogP contribution in [-0.4, -0.2) is 16.5 Å². The first kappa shape index (κ1) is 20.7. The monoisotopic (exact) mass is 408 g/mol. The fourth-order valence-corrected chi connectivity index (χ4v) is 9.13. The largest absolute Gasteiger partial charge is 0.390 e. The number of rotatable bonds is 3. The van der Waals surface area contributed by atoms with E-state index < -0.39 is 5.60 Å². The quantitative estimate of drug-likeness (QED) is 0.646. The number of benzene rings is 1. The lowest BCUT2D eigenvalue weighted by Crippen LogP contribution is -2.56. The maximum Gasteiger partial charge on any atom is 0.133 e. The molecule has 164 valence electrons. The van der Waals surface area contributed by atoms with Crippen molar-refractivity contribution in [3.63, 3.8) is 0 Å². The first-order valence-electron chi connectivity index (χ1n) is 12.5. The Morgan fingerprint density at radius 1 is 0.933 bits per heavy atom. The first-order valence-corrected chi connectivity index (χ1v) is 12.5. The molecule has 0 amide bonds. The summed E-state index contributed by atoms with van der Waals surface area (Å²) in [6.07, 6.45) is 11.4. The van der Waals surface area contributed by atoms with E-state index in [1.165, 1.54) is 44.1 Å². The molecular weight excluding hydrogens is 368 g/mol. The van der Waals surface area contributed by atoms with E-state index >= 15 is 0 Å². The van der Waals surface area contributed by atoms with Crippen molar-refractivity contribution in [3.8, 4) is 0 Å². The molecule has 4 fully saturated rings. The molecule has 4 aliphatic carbocycles. The second kappa shape index (κ2) is 7.19. The third kappa shape index (κ3) is 3.12.